The Morgan fingerprint density at radius 3 is 1.27 bits per heavy atom. The summed E-state index contributed by atoms with van der Waals surface area (Å²) in [6, 6.07) is 0. The van der Waals surface area contributed by atoms with Crippen molar-refractivity contribution in [1.29, 1.82) is 0 Å². The minimum Gasteiger partial charge on any atom is -0.303 e. The summed E-state index contributed by atoms with van der Waals surface area (Å²) in [7, 11) is 0. The van der Waals surface area contributed by atoms with Crippen LogP contribution in [-0.2, 0) is 4.79 Å². The zero-order chi connectivity index (χ0) is 12.4. The zero-order valence-corrected chi connectivity index (χ0v) is 12.3. The van der Waals surface area contributed by atoms with E-state index in [4.69, 9.17) is 0 Å². The fourth-order valence-electron chi connectivity index (χ4n) is 0.434. The maximum atomic E-state index is 9.40. The van der Waals surface area contributed by atoms with Crippen molar-refractivity contribution >= 4 is 31.5 Å². The number of aldehydes is 1. The van der Waals surface area contributed by atoms with E-state index in [0.717, 1.165) is 24.2 Å². The topological polar surface area (TPSA) is 17.1 Å². The van der Waals surface area contributed by atoms with Crippen molar-refractivity contribution in [2.24, 2.45) is 0 Å². The Morgan fingerprint density at radius 2 is 1.27 bits per heavy atom. The molecular weight excluding hydrogens is 224 g/mol. The van der Waals surface area contributed by atoms with Crippen molar-refractivity contribution < 1.29 is 4.79 Å². The highest BCUT2D eigenvalue weighted by Crippen LogP contribution is 1.86. The fraction of sp³-hybridized carbons (Fsp3) is 0.917. The lowest BCUT2D eigenvalue weighted by Crippen LogP contribution is -1.65. The SMILES string of the molecule is CCCC=O.CCCCS.CCCCS. The predicted octanol–water partition coefficient (Wildman–Crippen LogP) is 4.42. The van der Waals surface area contributed by atoms with Crippen molar-refractivity contribution in [3.05, 3.63) is 0 Å². The van der Waals surface area contributed by atoms with Crippen LogP contribution < -0.4 is 0 Å². The quantitative estimate of drug-likeness (QED) is 0.529. The van der Waals surface area contributed by atoms with Crippen molar-refractivity contribution in [3.63, 3.8) is 0 Å². The third kappa shape index (κ3) is 54.2. The lowest BCUT2D eigenvalue weighted by Gasteiger charge is -1.78. The molecule has 0 aliphatic carbocycles. The molecule has 0 aliphatic rings. The molecule has 3 heteroatoms. The van der Waals surface area contributed by atoms with E-state index >= 15 is 0 Å². The van der Waals surface area contributed by atoms with Crippen molar-refractivity contribution in [3.8, 4) is 0 Å². The first-order chi connectivity index (χ1) is 7.24. The Labute approximate surface area is 107 Å². The Morgan fingerprint density at radius 1 is 0.867 bits per heavy atom. The second kappa shape index (κ2) is 29.3. The summed E-state index contributed by atoms with van der Waals surface area (Å²) in [5, 5.41) is 0. The van der Waals surface area contributed by atoms with Gasteiger partial charge in [-0.25, -0.2) is 0 Å². The van der Waals surface area contributed by atoms with Crippen LogP contribution in [0.5, 0.6) is 0 Å². The lowest BCUT2D eigenvalue weighted by molar-refractivity contribution is -0.107. The van der Waals surface area contributed by atoms with E-state index in [2.05, 4.69) is 39.1 Å². The van der Waals surface area contributed by atoms with Gasteiger partial charge in [0, 0.05) is 6.42 Å². The lowest BCUT2D eigenvalue weighted by atomic mass is 10.4. The summed E-state index contributed by atoms with van der Waals surface area (Å²) in [5.74, 6) is 2.08. The Hall–Kier alpha value is 0.370. The highest BCUT2D eigenvalue weighted by Gasteiger charge is 1.69. The van der Waals surface area contributed by atoms with E-state index < -0.39 is 0 Å². The molecule has 15 heavy (non-hydrogen) atoms. The van der Waals surface area contributed by atoms with Crippen LogP contribution in [0.25, 0.3) is 0 Å². The van der Waals surface area contributed by atoms with Gasteiger partial charge in [0.05, 0.1) is 0 Å². The molecule has 94 valence electrons. The van der Waals surface area contributed by atoms with Crippen LogP contribution in [0.4, 0.5) is 0 Å². The molecule has 0 N–H and O–H groups in total. The maximum absolute atomic E-state index is 9.40. The van der Waals surface area contributed by atoms with E-state index in [9.17, 15) is 4.79 Å². The number of carbonyl (C=O) groups excluding carboxylic acids is 1. The van der Waals surface area contributed by atoms with Crippen molar-refractivity contribution in [2.75, 3.05) is 11.5 Å². The van der Waals surface area contributed by atoms with Crippen LogP contribution >= 0.6 is 25.3 Å². The number of thiol groups is 2. The van der Waals surface area contributed by atoms with Crippen LogP contribution in [-0.4, -0.2) is 17.8 Å². The van der Waals surface area contributed by atoms with Gasteiger partial charge in [-0.05, 0) is 30.8 Å². The highest BCUT2D eigenvalue weighted by molar-refractivity contribution is 7.80. The van der Waals surface area contributed by atoms with Crippen molar-refractivity contribution in [1.82, 2.24) is 0 Å². The second-order valence-corrected chi connectivity index (χ2v) is 4.00. The normalized spacial score (nSPS) is 8.07. The van der Waals surface area contributed by atoms with Crippen LogP contribution in [0, 0.1) is 0 Å². The van der Waals surface area contributed by atoms with Gasteiger partial charge in [0.15, 0.2) is 0 Å². The van der Waals surface area contributed by atoms with Gasteiger partial charge in [-0.2, -0.15) is 25.3 Å². The molecule has 0 fully saturated rings. The van der Waals surface area contributed by atoms with Gasteiger partial charge in [-0.15, -0.1) is 0 Å². The molecular formula is C12H28OS2. The average molecular weight is 252 g/mol. The third-order valence-corrected chi connectivity index (χ3v) is 2.06. The average Bonchev–Trinajstić information content (AvgIpc) is 2.23. The molecule has 0 aliphatic heterocycles. The molecule has 0 aromatic carbocycles. The molecule has 0 bridgehead atoms. The molecule has 0 saturated carbocycles. The fourth-order valence-corrected chi connectivity index (χ4v) is 1.07. The first-order valence-electron chi connectivity index (χ1n) is 5.90. The van der Waals surface area contributed by atoms with E-state index in [-0.39, 0.29) is 0 Å². The Bertz CT molecular complexity index is 77.7. The number of unbranched alkanes of at least 4 members (excludes halogenated alkanes) is 3. The van der Waals surface area contributed by atoms with Gasteiger partial charge < -0.3 is 4.79 Å². The van der Waals surface area contributed by atoms with Crippen LogP contribution in [0.2, 0.25) is 0 Å². The molecule has 0 amide bonds. The van der Waals surface area contributed by atoms with Crippen LogP contribution in [0.1, 0.15) is 59.3 Å². The van der Waals surface area contributed by atoms with E-state index in [1.54, 1.807) is 0 Å². The van der Waals surface area contributed by atoms with Gasteiger partial charge in [-0.1, -0.05) is 33.6 Å². The molecule has 1 nitrogen and oxygen atoms in total. The summed E-state index contributed by atoms with van der Waals surface area (Å²) in [5.41, 5.74) is 0. The molecule has 0 spiro atoms. The number of hydrogen-bond acceptors (Lipinski definition) is 3. The van der Waals surface area contributed by atoms with Gasteiger partial charge in [0.1, 0.15) is 6.29 Å². The van der Waals surface area contributed by atoms with Crippen molar-refractivity contribution in [2.45, 2.75) is 59.3 Å². The number of carbonyl (C=O) groups is 1. The van der Waals surface area contributed by atoms with Gasteiger partial charge >= 0.3 is 0 Å². The smallest absolute Gasteiger partial charge is 0.119 e. The predicted molar refractivity (Wildman–Crippen MR) is 78.5 cm³/mol. The molecule has 0 radical (unpaired) electrons. The first kappa shape index (κ1) is 20.7. The van der Waals surface area contributed by atoms with Crippen LogP contribution in [0.15, 0.2) is 0 Å². The molecule has 0 heterocycles. The minimum atomic E-state index is 0.708. The van der Waals surface area contributed by atoms with Gasteiger partial charge in [0.25, 0.3) is 0 Å². The van der Waals surface area contributed by atoms with E-state index in [0.29, 0.717) is 6.42 Å². The summed E-state index contributed by atoms with van der Waals surface area (Å²) >= 11 is 8.00. The molecule has 0 aromatic heterocycles. The highest BCUT2D eigenvalue weighted by atomic mass is 32.1. The molecule has 0 rings (SSSR count). The standard InChI is InChI=1S/C4H8O.2C4H10S/c3*1-2-3-4-5/h4H,2-3H2,1H3;2*5H,2-4H2,1H3. The van der Waals surface area contributed by atoms with Gasteiger partial charge in [-0.3, -0.25) is 0 Å². The zero-order valence-electron chi connectivity index (χ0n) is 10.5. The second-order valence-electron chi connectivity index (χ2n) is 3.11. The van der Waals surface area contributed by atoms with E-state index in [1.165, 1.54) is 25.7 Å². The monoisotopic (exact) mass is 252 g/mol. The molecule has 0 saturated heterocycles. The maximum Gasteiger partial charge on any atom is 0.119 e. The Balaban J connectivity index is -0.000000144. The summed E-state index contributed by atoms with van der Waals surface area (Å²) in [6.45, 7) is 6.31. The summed E-state index contributed by atoms with van der Waals surface area (Å²) < 4.78 is 0. The molecule has 0 atom stereocenters. The third-order valence-electron chi connectivity index (χ3n) is 1.43. The minimum absolute atomic E-state index is 0.708. The van der Waals surface area contributed by atoms with E-state index in [1.807, 2.05) is 6.92 Å². The summed E-state index contributed by atoms with van der Waals surface area (Å²) in [6.07, 6.45) is 7.66. The summed E-state index contributed by atoms with van der Waals surface area (Å²) in [4.78, 5) is 9.40. The molecule has 0 unspecified atom stereocenters. The molecule has 0 aromatic rings. The van der Waals surface area contributed by atoms with Crippen LogP contribution in [0.3, 0.4) is 0 Å². The number of hydrogen-bond donors (Lipinski definition) is 2. The van der Waals surface area contributed by atoms with Gasteiger partial charge in [0.2, 0.25) is 0 Å². The number of rotatable bonds is 6. The largest absolute Gasteiger partial charge is 0.303 e. The first-order valence-corrected chi connectivity index (χ1v) is 7.16. The Kier molecular flexibility index (Phi) is 40.5.